The van der Waals surface area contributed by atoms with Crippen LogP contribution in [0.3, 0.4) is 0 Å². The minimum absolute atomic E-state index is 0.0143. The molecule has 2 aromatic rings. The van der Waals surface area contributed by atoms with E-state index >= 15 is 0 Å². The first-order chi connectivity index (χ1) is 15.3. The van der Waals surface area contributed by atoms with Gasteiger partial charge in [0.1, 0.15) is 10.6 Å². The van der Waals surface area contributed by atoms with Crippen molar-refractivity contribution in [3.63, 3.8) is 0 Å². The molecule has 0 amide bonds. The lowest BCUT2D eigenvalue weighted by molar-refractivity contribution is 0.297. The van der Waals surface area contributed by atoms with Crippen molar-refractivity contribution in [2.75, 3.05) is 37.6 Å². The summed E-state index contributed by atoms with van der Waals surface area (Å²) in [6.45, 7) is 3.83. The Hall–Kier alpha value is -2.50. The molecule has 1 fully saturated rings. The molecule has 0 radical (unpaired) electrons. The molecule has 2 heterocycles. The van der Waals surface area contributed by atoms with Gasteiger partial charge in [-0.15, -0.1) is 0 Å². The summed E-state index contributed by atoms with van der Waals surface area (Å²) in [4.78, 5) is -0.0697. The summed E-state index contributed by atoms with van der Waals surface area (Å²) < 4.78 is 72.8. The fraction of sp³-hybridized carbons (Fsp3) is 0.429. The van der Waals surface area contributed by atoms with Crippen molar-refractivity contribution in [3.05, 3.63) is 36.4 Å². The smallest absolute Gasteiger partial charge is 0.262 e. The molecule has 32 heavy (non-hydrogen) atoms. The number of ether oxygens (including phenoxy) is 3. The van der Waals surface area contributed by atoms with Crippen molar-refractivity contribution in [2.45, 2.75) is 36.0 Å². The predicted octanol–water partition coefficient (Wildman–Crippen LogP) is 2.83. The Bertz CT molecular complexity index is 1190. The average Bonchev–Trinajstić information content (AvgIpc) is 3.21. The van der Waals surface area contributed by atoms with E-state index < -0.39 is 20.0 Å². The molecule has 0 unspecified atom stereocenters. The maximum Gasteiger partial charge on any atom is 0.262 e. The molecule has 0 atom stereocenters. The second kappa shape index (κ2) is 9.16. The third-order valence-electron chi connectivity index (χ3n) is 5.21. The molecule has 2 aliphatic heterocycles. The second-order valence-corrected chi connectivity index (χ2v) is 11.1. The molecule has 1 saturated heterocycles. The lowest BCUT2D eigenvalue weighted by atomic mass is 10.3. The predicted molar refractivity (Wildman–Crippen MR) is 118 cm³/mol. The van der Waals surface area contributed by atoms with E-state index in [0.717, 1.165) is 12.8 Å². The lowest BCUT2D eigenvalue weighted by Crippen LogP contribution is -2.28. The summed E-state index contributed by atoms with van der Waals surface area (Å²) >= 11 is 0. The van der Waals surface area contributed by atoms with Gasteiger partial charge in [0.2, 0.25) is 10.0 Å². The number of sulfonamides is 2. The first-order valence-electron chi connectivity index (χ1n) is 10.5. The summed E-state index contributed by atoms with van der Waals surface area (Å²) in [7, 11) is -7.81. The van der Waals surface area contributed by atoms with Gasteiger partial charge in [-0.1, -0.05) is 0 Å². The highest BCUT2D eigenvalue weighted by molar-refractivity contribution is 7.92. The van der Waals surface area contributed by atoms with Gasteiger partial charge < -0.3 is 14.2 Å². The highest BCUT2D eigenvalue weighted by atomic mass is 32.2. The number of hydrogen-bond acceptors (Lipinski definition) is 7. The SMILES string of the molecule is CCOc1ccc(NS(=O)(=O)c2ccc3c(c2)OCCCO3)cc1S(=O)(=O)N1CCCC1. The van der Waals surface area contributed by atoms with Crippen molar-refractivity contribution in [3.8, 4) is 17.2 Å². The molecular weight excluding hydrogens is 456 g/mol. The van der Waals surface area contributed by atoms with Crippen LogP contribution >= 0.6 is 0 Å². The maximum atomic E-state index is 13.1. The first-order valence-corrected chi connectivity index (χ1v) is 13.4. The molecule has 0 spiro atoms. The number of nitrogens with zero attached hydrogens (tertiary/aromatic N) is 1. The molecule has 2 aromatic carbocycles. The van der Waals surface area contributed by atoms with Crippen LogP contribution in [0.5, 0.6) is 17.2 Å². The summed E-state index contributed by atoms with van der Waals surface area (Å²) in [6, 6.07) is 8.63. The zero-order valence-electron chi connectivity index (χ0n) is 17.7. The molecule has 0 bridgehead atoms. The van der Waals surface area contributed by atoms with E-state index in [4.69, 9.17) is 14.2 Å². The Kier molecular flexibility index (Phi) is 6.50. The van der Waals surface area contributed by atoms with Crippen LogP contribution in [0.2, 0.25) is 0 Å². The van der Waals surface area contributed by atoms with Gasteiger partial charge in [-0.3, -0.25) is 4.72 Å². The maximum absolute atomic E-state index is 13.1. The molecule has 11 heteroatoms. The quantitative estimate of drug-likeness (QED) is 0.646. The largest absolute Gasteiger partial charge is 0.492 e. The van der Waals surface area contributed by atoms with E-state index in [-0.39, 0.29) is 27.8 Å². The molecule has 2 aliphatic rings. The van der Waals surface area contributed by atoms with Crippen molar-refractivity contribution in [1.82, 2.24) is 4.31 Å². The zero-order valence-corrected chi connectivity index (χ0v) is 19.4. The van der Waals surface area contributed by atoms with Crippen LogP contribution in [0.4, 0.5) is 5.69 Å². The van der Waals surface area contributed by atoms with Gasteiger partial charge in [0.15, 0.2) is 11.5 Å². The molecule has 174 valence electrons. The normalized spacial score (nSPS) is 17.0. The summed E-state index contributed by atoms with van der Waals surface area (Å²) in [5.74, 6) is 1.04. The standard InChI is InChI=1S/C21H26N2O7S2/c1-2-28-19-8-6-16(14-21(19)32(26,27)23-10-3-4-11-23)22-31(24,25)17-7-9-18-20(15-17)30-13-5-12-29-18/h6-9,14-15,22H,2-5,10-13H2,1H3. The van der Waals surface area contributed by atoms with Gasteiger partial charge in [0.25, 0.3) is 10.0 Å². The summed E-state index contributed by atoms with van der Waals surface area (Å²) in [5, 5.41) is 0. The number of rotatable bonds is 7. The third-order valence-corrected chi connectivity index (χ3v) is 8.51. The van der Waals surface area contributed by atoms with Crippen molar-refractivity contribution >= 4 is 25.7 Å². The molecule has 0 aromatic heterocycles. The highest BCUT2D eigenvalue weighted by Gasteiger charge is 2.31. The van der Waals surface area contributed by atoms with E-state index in [9.17, 15) is 16.8 Å². The number of fused-ring (bicyclic) bond motifs is 1. The zero-order chi connectivity index (χ0) is 22.8. The van der Waals surface area contributed by atoms with Crippen LogP contribution in [-0.4, -0.2) is 54.1 Å². The number of hydrogen-bond donors (Lipinski definition) is 1. The van der Waals surface area contributed by atoms with E-state index in [1.165, 1.54) is 34.6 Å². The Morgan fingerprint density at radius 2 is 1.66 bits per heavy atom. The Morgan fingerprint density at radius 3 is 2.38 bits per heavy atom. The molecular formula is C21H26N2O7S2. The highest BCUT2D eigenvalue weighted by Crippen LogP contribution is 2.34. The van der Waals surface area contributed by atoms with Gasteiger partial charge in [0.05, 0.1) is 30.4 Å². The Balaban J connectivity index is 1.66. The van der Waals surface area contributed by atoms with Gasteiger partial charge >= 0.3 is 0 Å². The summed E-state index contributed by atoms with van der Waals surface area (Å²) in [5.41, 5.74) is 0.123. The topological polar surface area (TPSA) is 111 Å². The third kappa shape index (κ3) is 4.64. The summed E-state index contributed by atoms with van der Waals surface area (Å²) in [6.07, 6.45) is 2.29. The minimum Gasteiger partial charge on any atom is -0.492 e. The molecule has 0 aliphatic carbocycles. The minimum atomic E-state index is -4.00. The van der Waals surface area contributed by atoms with Crippen molar-refractivity contribution in [2.24, 2.45) is 0 Å². The van der Waals surface area contributed by atoms with Gasteiger partial charge in [-0.05, 0) is 50.1 Å². The fourth-order valence-corrected chi connectivity index (χ4v) is 6.38. The average molecular weight is 483 g/mol. The van der Waals surface area contributed by atoms with Crippen LogP contribution in [-0.2, 0) is 20.0 Å². The van der Waals surface area contributed by atoms with Crippen LogP contribution < -0.4 is 18.9 Å². The van der Waals surface area contributed by atoms with Crippen LogP contribution in [0.1, 0.15) is 26.2 Å². The van der Waals surface area contributed by atoms with E-state index in [2.05, 4.69) is 4.72 Å². The molecule has 9 nitrogen and oxygen atoms in total. The Labute approximate surface area is 188 Å². The van der Waals surface area contributed by atoms with Gasteiger partial charge in [0, 0.05) is 25.6 Å². The number of benzene rings is 2. The van der Waals surface area contributed by atoms with Gasteiger partial charge in [-0.2, -0.15) is 4.31 Å². The van der Waals surface area contributed by atoms with E-state index in [1.54, 1.807) is 13.0 Å². The van der Waals surface area contributed by atoms with Crippen molar-refractivity contribution in [1.29, 1.82) is 0 Å². The molecule has 0 saturated carbocycles. The van der Waals surface area contributed by atoms with Crippen molar-refractivity contribution < 1.29 is 31.0 Å². The van der Waals surface area contributed by atoms with Crippen LogP contribution in [0.25, 0.3) is 0 Å². The number of nitrogens with one attached hydrogen (secondary N) is 1. The van der Waals surface area contributed by atoms with Crippen LogP contribution in [0, 0.1) is 0 Å². The number of anilines is 1. The first kappa shape index (κ1) is 22.7. The molecule has 4 rings (SSSR count). The molecule has 1 N–H and O–H groups in total. The monoisotopic (exact) mass is 482 g/mol. The van der Waals surface area contributed by atoms with Crippen LogP contribution in [0.15, 0.2) is 46.2 Å². The van der Waals surface area contributed by atoms with Gasteiger partial charge in [-0.25, -0.2) is 16.8 Å². The second-order valence-electron chi connectivity index (χ2n) is 7.47. The fourth-order valence-electron chi connectivity index (χ4n) is 3.64. The van der Waals surface area contributed by atoms with E-state index in [1.807, 2.05) is 0 Å². The Morgan fingerprint density at radius 1 is 0.938 bits per heavy atom. The lowest BCUT2D eigenvalue weighted by Gasteiger charge is -2.19. The van der Waals surface area contributed by atoms with E-state index in [0.29, 0.717) is 44.2 Å².